The summed E-state index contributed by atoms with van der Waals surface area (Å²) in [5, 5.41) is 11.0. The summed E-state index contributed by atoms with van der Waals surface area (Å²) in [4.78, 5) is 15.6. The first-order valence-corrected chi connectivity index (χ1v) is 12.3. The number of carboxylic acid groups (broad SMARTS) is 1. The molecule has 9 heteroatoms. The van der Waals surface area contributed by atoms with Crippen molar-refractivity contribution in [1.82, 2.24) is 4.98 Å². The number of hydrogen-bond donors (Lipinski definition) is 1. The molecule has 1 heterocycles. The van der Waals surface area contributed by atoms with E-state index in [0.29, 0.717) is 11.3 Å². The monoisotopic (exact) mass is 490 g/mol. The number of aromatic carboxylic acids is 1. The predicted molar refractivity (Wildman–Crippen MR) is 127 cm³/mol. The van der Waals surface area contributed by atoms with E-state index in [-0.39, 0.29) is 18.7 Å². The van der Waals surface area contributed by atoms with Crippen molar-refractivity contribution >= 4 is 34.9 Å². The van der Waals surface area contributed by atoms with Crippen LogP contribution in [0.5, 0.6) is 5.75 Å². The lowest BCUT2D eigenvalue weighted by Gasteiger charge is -2.26. The Hall–Kier alpha value is -2.65. The van der Waals surface area contributed by atoms with Crippen LogP contribution >= 0.6 is 23.3 Å². The molecule has 3 aromatic rings. The Morgan fingerprint density at radius 1 is 1.30 bits per heavy atom. The first kappa shape index (κ1) is 23.5. The molecule has 1 N–H and O–H groups in total. The van der Waals surface area contributed by atoms with Crippen molar-refractivity contribution in [3.8, 4) is 5.75 Å². The largest absolute Gasteiger partial charge is 0.487 e. The molecule has 0 unspecified atom stereocenters. The molecule has 1 aliphatic rings. The standard InChI is InChI=1S/C24H24F2N2O3S2/c1-14(25)11-28(33-24-27-15(2)13-32-24)21-9-17-4-3-5-18(17)10-22(21)31-12-16-6-7-19(23(29)30)20(26)8-16/h6-10,13-14H,3-5,11-12H2,1-2H3,(H,29,30)/t14-/m1/s1. The highest BCUT2D eigenvalue weighted by Crippen LogP contribution is 2.41. The minimum atomic E-state index is -1.31. The number of ether oxygens (including phenoxy) is 1. The highest BCUT2D eigenvalue weighted by molar-refractivity contribution is 8.02. The molecule has 0 saturated heterocycles. The number of hydrogen-bond acceptors (Lipinski definition) is 6. The van der Waals surface area contributed by atoms with E-state index in [1.165, 1.54) is 59.5 Å². The van der Waals surface area contributed by atoms with Gasteiger partial charge in [-0.2, -0.15) is 0 Å². The van der Waals surface area contributed by atoms with Crippen LogP contribution in [0.1, 0.15) is 46.1 Å². The molecule has 174 valence electrons. The number of halogens is 2. The van der Waals surface area contributed by atoms with Gasteiger partial charge in [-0.05, 0) is 74.1 Å². The lowest BCUT2D eigenvalue weighted by molar-refractivity contribution is 0.0691. The molecule has 33 heavy (non-hydrogen) atoms. The summed E-state index contributed by atoms with van der Waals surface area (Å²) in [6, 6.07) is 7.99. The number of fused-ring (bicyclic) bond motifs is 1. The molecule has 0 aliphatic heterocycles. The number of rotatable bonds is 9. The van der Waals surface area contributed by atoms with Gasteiger partial charge in [0, 0.05) is 23.0 Å². The van der Waals surface area contributed by atoms with Gasteiger partial charge >= 0.3 is 5.97 Å². The first-order chi connectivity index (χ1) is 15.8. The third-order valence-electron chi connectivity index (χ3n) is 5.30. The third kappa shape index (κ3) is 5.65. The van der Waals surface area contributed by atoms with Crippen LogP contribution in [-0.4, -0.2) is 28.8 Å². The normalized spacial score (nSPS) is 13.6. The van der Waals surface area contributed by atoms with E-state index in [2.05, 4.69) is 11.1 Å². The van der Waals surface area contributed by atoms with E-state index >= 15 is 0 Å². The topological polar surface area (TPSA) is 62.7 Å². The van der Waals surface area contributed by atoms with Crippen molar-refractivity contribution in [1.29, 1.82) is 0 Å². The number of benzene rings is 2. The molecule has 0 fully saturated rings. The van der Waals surface area contributed by atoms with Crippen molar-refractivity contribution in [2.45, 2.75) is 50.2 Å². The van der Waals surface area contributed by atoms with Gasteiger partial charge in [0.05, 0.1) is 17.8 Å². The van der Waals surface area contributed by atoms with Crippen molar-refractivity contribution in [2.24, 2.45) is 0 Å². The Labute approximate surface area is 199 Å². The Morgan fingerprint density at radius 2 is 2.06 bits per heavy atom. The molecule has 0 radical (unpaired) electrons. The van der Waals surface area contributed by atoms with Crippen LogP contribution in [0.4, 0.5) is 14.5 Å². The quantitative estimate of drug-likeness (QED) is 0.359. The van der Waals surface area contributed by atoms with Gasteiger partial charge in [0.1, 0.15) is 24.3 Å². The fourth-order valence-electron chi connectivity index (χ4n) is 3.76. The number of carbonyl (C=O) groups is 1. The van der Waals surface area contributed by atoms with Gasteiger partial charge in [-0.25, -0.2) is 18.6 Å². The average Bonchev–Trinajstić information content (AvgIpc) is 3.38. The van der Waals surface area contributed by atoms with Crippen LogP contribution in [0.15, 0.2) is 40.1 Å². The maximum Gasteiger partial charge on any atom is 0.338 e. The van der Waals surface area contributed by atoms with Crippen molar-refractivity contribution in [3.63, 3.8) is 0 Å². The van der Waals surface area contributed by atoms with Gasteiger partial charge in [-0.15, -0.1) is 11.3 Å². The fraction of sp³-hybridized carbons (Fsp3) is 0.333. The Bertz CT molecular complexity index is 1170. The van der Waals surface area contributed by atoms with Gasteiger partial charge in [0.15, 0.2) is 4.34 Å². The van der Waals surface area contributed by atoms with Crippen LogP contribution in [-0.2, 0) is 19.4 Å². The van der Waals surface area contributed by atoms with Gasteiger partial charge in [0.2, 0.25) is 0 Å². The van der Waals surface area contributed by atoms with Gasteiger partial charge < -0.3 is 14.1 Å². The van der Waals surface area contributed by atoms with Crippen molar-refractivity contribution in [3.05, 3.63) is 69.5 Å². The second-order valence-corrected chi connectivity index (χ2v) is 10.2. The number of nitrogens with zero attached hydrogens (tertiary/aromatic N) is 2. The number of carboxylic acids is 1. The molecule has 5 nitrogen and oxygen atoms in total. The number of anilines is 1. The van der Waals surface area contributed by atoms with Gasteiger partial charge in [-0.1, -0.05) is 6.07 Å². The summed E-state index contributed by atoms with van der Waals surface area (Å²) in [5.74, 6) is -1.54. The second-order valence-electron chi connectivity index (χ2n) is 8.04. The number of alkyl halides is 1. The summed E-state index contributed by atoms with van der Waals surface area (Å²) >= 11 is 2.88. The fourth-order valence-corrected chi connectivity index (χ4v) is 5.77. The van der Waals surface area contributed by atoms with Crippen LogP contribution in [0.25, 0.3) is 0 Å². The molecule has 1 atom stereocenters. The van der Waals surface area contributed by atoms with E-state index in [1.807, 2.05) is 22.7 Å². The summed E-state index contributed by atoms with van der Waals surface area (Å²) in [6.07, 6.45) is 1.90. The highest BCUT2D eigenvalue weighted by Gasteiger charge is 2.23. The van der Waals surface area contributed by atoms with Gasteiger partial charge in [0.25, 0.3) is 0 Å². The molecule has 1 aliphatic carbocycles. The smallest absolute Gasteiger partial charge is 0.338 e. The third-order valence-corrected chi connectivity index (χ3v) is 7.38. The lowest BCUT2D eigenvalue weighted by Crippen LogP contribution is -2.23. The maximum atomic E-state index is 14.1. The molecule has 0 saturated carbocycles. The Balaban J connectivity index is 1.64. The predicted octanol–water partition coefficient (Wildman–Crippen LogP) is 6.23. The van der Waals surface area contributed by atoms with Crippen LogP contribution in [0.2, 0.25) is 0 Å². The SMILES string of the molecule is Cc1csc(SN(C[C@@H](C)F)c2cc3c(cc2OCc2ccc(C(=O)O)c(F)c2)CCC3)n1. The van der Waals surface area contributed by atoms with E-state index in [9.17, 15) is 13.6 Å². The zero-order valence-electron chi connectivity index (χ0n) is 18.3. The Morgan fingerprint density at radius 3 is 2.70 bits per heavy atom. The lowest BCUT2D eigenvalue weighted by atomic mass is 10.1. The molecule has 1 aromatic heterocycles. The highest BCUT2D eigenvalue weighted by atomic mass is 32.2. The minimum absolute atomic E-state index is 0.0582. The summed E-state index contributed by atoms with van der Waals surface area (Å²) in [6.45, 7) is 3.64. The summed E-state index contributed by atoms with van der Waals surface area (Å²) in [5.41, 5.74) is 4.22. The zero-order chi connectivity index (χ0) is 23.5. The van der Waals surface area contributed by atoms with E-state index in [4.69, 9.17) is 9.84 Å². The van der Waals surface area contributed by atoms with E-state index in [0.717, 1.165) is 35.0 Å². The maximum absolute atomic E-state index is 14.1. The Kier molecular flexibility index (Phi) is 7.19. The van der Waals surface area contributed by atoms with E-state index < -0.39 is 18.0 Å². The minimum Gasteiger partial charge on any atom is -0.487 e. The van der Waals surface area contributed by atoms with Crippen LogP contribution < -0.4 is 9.04 Å². The molecule has 4 rings (SSSR count). The number of thiazole rings is 1. The molecule has 0 amide bonds. The zero-order valence-corrected chi connectivity index (χ0v) is 19.9. The number of aromatic nitrogens is 1. The molecule has 2 aromatic carbocycles. The van der Waals surface area contributed by atoms with E-state index in [1.54, 1.807) is 0 Å². The average molecular weight is 491 g/mol. The van der Waals surface area contributed by atoms with Crippen LogP contribution in [0.3, 0.4) is 0 Å². The number of aryl methyl sites for hydroxylation is 3. The molecular formula is C24H24F2N2O3S2. The second kappa shape index (κ2) is 10.1. The van der Waals surface area contributed by atoms with Crippen LogP contribution in [0, 0.1) is 12.7 Å². The first-order valence-electron chi connectivity index (χ1n) is 10.6. The van der Waals surface area contributed by atoms with Crippen molar-refractivity contribution < 1.29 is 23.4 Å². The molecule has 0 spiro atoms. The molecule has 0 bridgehead atoms. The summed E-state index contributed by atoms with van der Waals surface area (Å²) in [7, 11) is 0. The molecular weight excluding hydrogens is 466 g/mol. The van der Waals surface area contributed by atoms with Gasteiger partial charge in [-0.3, -0.25) is 0 Å². The van der Waals surface area contributed by atoms with Crippen molar-refractivity contribution in [2.75, 3.05) is 10.8 Å². The summed E-state index contributed by atoms with van der Waals surface area (Å²) < 4.78 is 37.0.